The molecular weight excluding hydrogens is 370 g/mol. The van der Waals surface area contributed by atoms with Gasteiger partial charge in [-0.3, -0.25) is 0 Å². The van der Waals surface area contributed by atoms with E-state index in [1.807, 2.05) is 79.7 Å². The van der Waals surface area contributed by atoms with E-state index in [9.17, 15) is 4.21 Å². The van der Waals surface area contributed by atoms with Crippen LogP contribution in [0, 0.1) is 6.92 Å². The zero-order valence-corrected chi connectivity index (χ0v) is 16.6. The first-order valence-corrected chi connectivity index (χ1v) is 10.2. The average molecular weight is 391 g/mol. The van der Waals surface area contributed by atoms with Crippen molar-refractivity contribution in [1.82, 2.24) is 0 Å². The maximum absolute atomic E-state index is 13.2. The molecule has 4 nitrogen and oxygen atoms in total. The Hall–Kier alpha value is -2.92. The van der Waals surface area contributed by atoms with Gasteiger partial charge in [0.15, 0.2) is 0 Å². The first-order valence-electron chi connectivity index (χ1n) is 9.08. The monoisotopic (exact) mass is 391 g/mol. The lowest BCUT2D eigenvalue weighted by Crippen LogP contribution is -2.08. The second-order valence-electron chi connectivity index (χ2n) is 6.62. The van der Waals surface area contributed by atoms with Crippen LogP contribution in [0.4, 0.5) is 0 Å². The molecule has 3 aromatic carbocycles. The second-order valence-corrected chi connectivity index (χ2v) is 8.06. The third-order valence-corrected chi connectivity index (χ3v) is 6.14. The van der Waals surface area contributed by atoms with E-state index in [1.54, 1.807) is 7.11 Å². The van der Waals surface area contributed by atoms with Gasteiger partial charge in [-0.25, -0.2) is 9.20 Å². The maximum atomic E-state index is 13.2. The molecule has 1 unspecified atom stereocenters. The Labute approximate surface area is 167 Å². The van der Waals surface area contributed by atoms with E-state index in [-0.39, 0.29) is 6.04 Å². The molecule has 0 spiro atoms. The van der Waals surface area contributed by atoms with Crippen molar-refractivity contribution in [3.05, 3.63) is 89.5 Å². The Morgan fingerprint density at radius 2 is 1.79 bits per heavy atom. The van der Waals surface area contributed by atoms with Gasteiger partial charge in [0.25, 0.3) is 0 Å². The first kappa shape index (κ1) is 18.4. The van der Waals surface area contributed by atoms with Crippen molar-refractivity contribution in [2.45, 2.75) is 22.8 Å². The van der Waals surface area contributed by atoms with E-state index >= 15 is 0 Å². The minimum absolute atomic E-state index is 0.0666. The summed E-state index contributed by atoms with van der Waals surface area (Å²) in [6.07, 6.45) is 0. The number of aliphatic imine (C=N–C) groups is 1. The first-order chi connectivity index (χ1) is 13.7. The molecule has 1 aliphatic rings. The molecule has 0 saturated heterocycles. The van der Waals surface area contributed by atoms with Gasteiger partial charge >= 0.3 is 0 Å². The van der Waals surface area contributed by atoms with E-state index in [1.165, 1.54) is 0 Å². The van der Waals surface area contributed by atoms with Crippen LogP contribution >= 0.6 is 0 Å². The molecule has 0 saturated carbocycles. The highest BCUT2D eigenvalue weighted by Crippen LogP contribution is 2.30. The van der Waals surface area contributed by atoms with Crippen LogP contribution in [-0.2, 0) is 15.5 Å². The third kappa shape index (κ3) is 3.71. The number of rotatable bonds is 5. The number of aryl methyl sites for hydroxylation is 1. The molecule has 1 aliphatic heterocycles. The summed E-state index contributed by atoms with van der Waals surface area (Å²) in [7, 11) is 0.266. The summed E-state index contributed by atoms with van der Waals surface area (Å²) in [6, 6.07) is 23.2. The number of hydrogen-bond acceptors (Lipinski definition) is 4. The van der Waals surface area contributed by atoms with Gasteiger partial charge in [0.2, 0.25) is 5.90 Å². The van der Waals surface area contributed by atoms with E-state index < -0.39 is 10.8 Å². The lowest BCUT2D eigenvalue weighted by Gasteiger charge is -2.11. The van der Waals surface area contributed by atoms with Crippen LogP contribution in [0.2, 0.25) is 0 Å². The van der Waals surface area contributed by atoms with Crippen molar-refractivity contribution in [3.63, 3.8) is 0 Å². The molecule has 4 rings (SSSR count). The molecule has 28 heavy (non-hydrogen) atoms. The molecule has 0 radical (unpaired) electrons. The van der Waals surface area contributed by atoms with Gasteiger partial charge < -0.3 is 9.47 Å². The average Bonchev–Trinajstić information content (AvgIpc) is 3.24. The Morgan fingerprint density at radius 1 is 1.04 bits per heavy atom. The minimum atomic E-state index is -1.34. The SMILES string of the molecule is COc1ccc([S@](=O)c2ccc(C)cc2)c(C2=NC(c3ccccc3)CO2)c1. The highest BCUT2D eigenvalue weighted by molar-refractivity contribution is 7.85. The summed E-state index contributed by atoms with van der Waals surface area (Å²) in [5.74, 6) is 1.18. The Kier molecular flexibility index (Phi) is 5.26. The van der Waals surface area contributed by atoms with Gasteiger partial charge in [-0.2, -0.15) is 0 Å². The van der Waals surface area contributed by atoms with Crippen molar-refractivity contribution < 1.29 is 13.7 Å². The number of hydrogen-bond donors (Lipinski definition) is 0. The van der Waals surface area contributed by atoms with Gasteiger partial charge in [0.1, 0.15) is 18.4 Å². The van der Waals surface area contributed by atoms with Gasteiger partial charge in [-0.15, -0.1) is 0 Å². The Balaban J connectivity index is 1.74. The van der Waals surface area contributed by atoms with E-state index in [0.717, 1.165) is 16.0 Å². The smallest absolute Gasteiger partial charge is 0.218 e. The molecular formula is C23H21NO3S. The summed E-state index contributed by atoms with van der Waals surface area (Å²) in [5.41, 5.74) is 2.93. The predicted octanol–water partition coefficient (Wildman–Crippen LogP) is 4.69. The van der Waals surface area contributed by atoms with Gasteiger partial charge in [-0.05, 0) is 42.8 Å². The Bertz CT molecular complexity index is 1030. The van der Waals surface area contributed by atoms with Crippen molar-refractivity contribution in [3.8, 4) is 5.75 Å². The fraction of sp³-hybridized carbons (Fsp3) is 0.174. The number of benzene rings is 3. The molecule has 0 N–H and O–H groups in total. The van der Waals surface area contributed by atoms with Crippen LogP contribution in [0.3, 0.4) is 0 Å². The van der Waals surface area contributed by atoms with Crippen molar-refractivity contribution in [2.75, 3.05) is 13.7 Å². The highest BCUT2D eigenvalue weighted by Gasteiger charge is 2.25. The largest absolute Gasteiger partial charge is 0.497 e. The third-order valence-electron chi connectivity index (χ3n) is 4.69. The van der Waals surface area contributed by atoms with Crippen LogP contribution < -0.4 is 4.74 Å². The van der Waals surface area contributed by atoms with Crippen LogP contribution in [0.5, 0.6) is 5.75 Å². The van der Waals surface area contributed by atoms with Crippen LogP contribution in [0.15, 0.2) is 87.6 Å². The Morgan fingerprint density at radius 3 is 2.50 bits per heavy atom. The van der Waals surface area contributed by atoms with E-state index in [2.05, 4.69) is 0 Å². The highest BCUT2D eigenvalue weighted by atomic mass is 32.2. The van der Waals surface area contributed by atoms with Crippen LogP contribution in [-0.4, -0.2) is 23.8 Å². The molecule has 0 aromatic heterocycles. The lowest BCUT2D eigenvalue weighted by molar-refractivity contribution is 0.319. The fourth-order valence-corrected chi connectivity index (χ4v) is 4.30. The normalized spacial score (nSPS) is 16.9. The van der Waals surface area contributed by atoms with Gasteiger partial charge in [-0.1, -0.05) is 48.0 Å². The van der Waals surface area contributed by atoms with Crippen molar-refractivity contribution in [2.24, 2.45) is 4.99 Å². The second kappa shape index (κ2) is 7.98. The fourth-order valence-electron chi connectivity index (χ4n) is 3.12. The standard InChI is InChI=1S/C23H21NO3S/c1-16-8-11-19(12-9-16)28(25)22-13-10-18(26-2)14-20(22)23-24-21(15-27-23)17-6-4-3-5-7-17/h3-14,21H,15H2,1-2H3/t21?,28-/m1/s1. The molecule has 0 bridgehead atoms. The van der Waals surface area contributed by atoms with E-state index in [4.69, 9.17) is 14.5 Å². The molecule has 0 amide bonds. The molecule has 0 aliphatic carbocycles. The molecule has 5 heteroatoms. The lowest BCUT2D eigenvalue weighted by atomic mass is 10.1. The summed E-state index contributed by atoms with van der Waals surface area (Å²) < 4.78 is 24.5. The maximum Gasteiger partial charge on any atom is 0.218 e. The summed E-state index contributed by atoms with van der Waals surface area (Å²) in [5, 5.41) is 0. The van der Waals surface area contributed by atoms with Crippen molar-refractivity contribution in [1.29, 1.82) is 0 Å². The summed E-state index contributed by atoms with van der Waals surface area (Å²) >= 11 is 0. The zero-order chi connectivity index (χ0) is 19.5. The number of ether oxygens (including phenoxy) is 2. The minimum Gasteiger partial charge on any atom is -0.497 e. The van der Waals surface area contributed by atoms with Gasteiger partial charge in [0.05, 0.1) is 28.4 Å². The summed E-state index contributed by atoms with van der Waals surface area (Å²) in [4.78, 5) is 6.17. The predicted molar refractivity (Wildman–Crippen MR) is 111 cm³/mol. The molecule has 2 atom stereocenters. The van der Waals surface area contributed by atoms with Crippen LogP contribution in [0.1, 0.15) is 22.7 Å². The number of nitrogens with zero attached hydrogens (tertiary/aromatic N) is 1. The van der Waals surface area contributed by atoms with E-state index in [0.29, 0.717) is 28.7 Å². The molecule has 142 valence electrons. The van der Waals surface area contributed by atoms with Gasteiger partial charge in [0, 0.05) is 4.90 Å². The zero-order valence-electron chi connectivity index (χ0n) is 15.8. The topological polar surface area (TPSA) is 47.9 Å². The quantitative estimate of drug-likeness (QED) is 0.634. The molecule has 0 fully saturated rings. The summed E-state index contributed by atoms with van der Waals surface area (Å²) in [6.45, 7) is 2.48. The van der Waals surface area contributed by atoms with Crippen molar-refractivity contribution >= 4 is 16.7 Å². The molecule has 3 aromatic rings. The number of methoxy groups -OCH3 is 1. The van der Waals surface area contributed by atoms with Crippen LogP contribution in [0.25, 0.3) is 0 Å². The molecule has 1 heterocycles.